The van der Waals surface area contributed by atoms with E-state index < -0.39 is 5.97 Å². The third kappa shape index (κ3) is 6.65. The number of ketones is 1. The molecule has 1 aliphatic rings. The average molecular weight is 596 g/mol. The minimum atomic E-state index is -1.18. The topological polar surface area (TPSA) is 183 Å². The fraction of sp³-hybridized carbons (Fsp3) is 0.250. The predicted octanol–water partition coefficient (Wildman–Crippen LogP) is 2.00. The number of rotatable bonds is 5. The highest BCUT2D eigenvalue weighted by Gasteiger charge is 2.19. The second-order valence-corrected chi connectivity index (χ2v) is 8.49. The van der Waals surface area contributed by atoms with Crippen LogP contribution in [0.25, 0.3) is 0 Å². The number of carboxylic acids is 1. The number of hydrogen-bond acceptors (Lipinski definition) is 11. The number of carboxylic acid groups (broad SMARTS) is 1. The van der Waals surface area contributed by atoms with Crippen LogP contribution in [0.3, 0.4) is 0 Å². The van der Waals surface area contributed by atoms with Gasteiger partial charge in [0.25, 0.3) is 0 Å². The summed E-state index contributed by atoms with van der Waals surface area (Å²) in [5.41, 5.74) is 12.8. The van der Waals surface area contributed by atoms with Crippen LogP contribution in [0, 0.1) is 0 Å². The van der Waals surface area contributed by atoms with E-state index in [1.54, 1.807) is 12.4 Å². The predicted molar refractivity (Wildman–Crippen MR) is 131 cm³/mol. The van der Waals surface area contributed by atoms with E-state index in [4.69, 9.17) is 21.3 Å². The molecule has 3 aromatic rings. The van der Waals surface area contributed by atoms with E-state index >= 15 is 0 Å². The number of carbonyl (C=O) groups excluding carboxylic acids is 1. The highest BCUT2D eigenvalue weighted by molar-refractivity contribution is 9.10. The lowest BCUT2D eigenvalue weighted by Crippen LogP contribution is -2.37. The number of nitrogens with two attached hydrogens (primary N) is 2. The molecule has 1 fully saturated rings. The van der Waals surface area contributed by atoms with E-state index in [1.165, 1.54) is 12.4 Å². The lowest BCUT2D eigenvalue weighted by molar-refractivity contribution is 0.0691. The maximum Gasteiger partial charge on any atom is 0.358 e. The van der Waals surface area contributed by atoms with Crippen LogP contribution >= 0.6 is 31.9 Å². The number of Topliss-reactive ketones (excluding diaryl/α,β-unsaturated/α-hetero) is 1. The van der Waals surface area contributed by atoms with Crippen LogP contribution in [-0.4, -0.2) is 68.1 Å². The molecule has 14 heteroatoms. The Bertz CT molecular complexity index is 1190. The summed E-state index contributed by atoms with van der Waals surface area (Å²) in [6.07, 6.45) is 6.42. The number of pyridine rings is 1. The zero-order chi connectivity index (χ0) is 24.7. The Morgan fingerprint density at radius 3 is 2.18 bits per heavy atom. The maximum absolute atomic E-state index is 12.5. The molecular formula is C20H20Br2N8O4. The summed E-state index contributed by atoms with van der Waals surface area (Å²) >= 11 is 6.18. The number of ether oxygens (including phenoxy) is 1. The van der Waals surface area contributed by atoms with Crippen molar-refractivity contribution in [2.75, 3.05) is 42.7 Å². The molecule has 0 spiro atoms. The third-order valence-corrected chi connectivity index (χ3v) is 5.35. The van der Waals surface area contributed by atoms with Crippen molar-refractivity contribution in [2.45, 2.75) is 6.42 Å². The number of morpholine rings is 1. The highest BCUT2D eigenvalue weighted by atomic mass is 79.9. The molecule has 5 N–H and O–H groups in total. The quantitative estimate of drug-likeness (QED) is 0.365. The molecule has 0 unspecified atom stereocenters. The molecule has 178 valence electrons. The normalized spacial score (nSPS) is 13.1. The summed E-state index contributed by atoms with van der Waals surface area (Å²) in [5, 5.41) is 8.49. The Kier molecular flexibility index (Phi) is 8.79. The van der Waals surface area contributed by atoms with E-state index in [-0.39, 0.29) is 35.2 Å². The van der Waals surface area contributed by atoms with E-state index in [0.29, 0.717) is 22.4 Å². The molecule has 34 heavy (non-hydrogen) atoms. The van der Waals surface area contributed by atoms with Gasteiger partial charge < -0.3 is 26.2 Å². The van der Waals surface area contributed by atoms with Gasteiger partial charge in [0.1, 0.15) is 14.9 Å². The zero-order valence-corrected chi connectivity index (χ0v) is 20.9. The molecule has 0 amide bonds. The number of nitrogen functional groups attached to an aromatic ring is 2. The largest absolute Gasteiger partial charge is 0.476 e. The Balaban J connectivity index is 0.000000248. The first-order chi connectivity index (χ1) is 16.3. The number of aromatic nitrogens is 5. The SMILES string of the molecule is Nc1ncc(Br)nc1C(=O)Cc1cnccc1N1CCOCC1.Nc1ncc(Br)nc1C(=O)O. The van der Waals surface area contributed by atoms with Crippen LogP contribution in [0.2, 0.25) is 0 Å². The van der Waals surface area contributed by atoms with Gasteiger partial charge in [-0.05, 0) is 37.9 Å². The number of halogens is 2. The molecular weight excluding hydrogens is 576 g/mol. The lowest BCUT2D eigenvalue weighted by Gasteiger charge is -2.30. The minimum absolute atomic E-state index is 0.0827. The first-order valence-corrected chi connectivity index (χ1v) is 11.4. The minimum Gasteiger partial charge on any atom is -0.476 e. The third-order valence-electron chi connectivity index (χ3n) is 4.59. The molecule has 0 aromatic carbocycles. The Hall–Kier alpha value is -3.23. The highest BCUT2D eigenvalue weighted by Crippen LogP contribution is 2.23. The van der Waals surface area contributed by atoms with Gasteiger partial charge in [0.05, 0.1) is 25.6 Å². The molecule has 0 aliphatic carbocycles. The van der Waals surface area contributed by atoms with Gasteiger partial charge in [0.2, 0.25) is 0 Å². The van der Waals surface area contributed by atoms with E-state index in [9.17, 15) is 9.59 Å². The fourth-order valence-corrected chi connectivity index (χ4v) is 3.60. The van der Waals surface area contributed by atoms with Gasteiger partial charge in [-0.2, -0.15) is 0 Å². The van der Waals surface area contributed by atoms with Gasteiger partial charge in [-0.15, -0.1) is 0 Å². The van der Waals surface area contributed by atoms with E-state index in [1.807, 2.05) is 6.07 Å². The maximum atomic E-state index is 12.5. The molecule has 4 heterocycles. The second kappa shape index (κ2) is 11.8. The number of nitrogens with zero attached hydrogens (tertiary/aromatic N) is 6. The first-order valence-electron chi connectivity index (χ1n) is 9.84. The van der Waals surface area contributed by atoms with Crippen molar-refractivity contribution in [1.82, 2.24) is 24.9 Å². The van der Waals surface area contributed by atoms with Crippen LogP contribution in [0.5, 0.6) is 0 Å². The molecule has 1 saturated heterocycles. The molecule has 12 nitrogen and oxygen atoms in total. The molecule has 4 rings (SSSR count). The molecule has 0 radical (unpaired) electrons. The van der Waals surface area contributed by atoms with Crippen molar-refractivity contribution in [2.24, 2.45) is 0 Å². The smallest absolute Gasteiger partial charge is 0.358 e. The Morgan fingerprint density at radius 1 is 1.00 bits per heavy atom. The summed E-state index contributed by atoms with van der Waals surface area (Å²) in [7, 11) is 0. The zero-order valence-electron chi connectivity index (χ0n) is 17.7. The van der Waals surface area contributed by atoms with Crippen LogP contribution < -0.4 is 16.4 Å². The summed E-state index contributed by atoms with van der Waals surface area (Å²) in [6, 6.07) is 1.92. The standard InChI is InChI=1S/C15H16BrN5O2.C5H4BrN3O2/c16-13-9-19-15(17)14(20-13)12(22)7-10-8-18-2-1-11(10)21-3-5-23-6-4-21;6-2-1-8-4(7)3(9-2)5(10)11/h1-2,8-9H,3-7H2,(H2,17,19);1H,(H2,7,8)(H,10,11). The van der Waals surface area contributed by atoms with Crippen molar-refractivity contribution in [3.63, 3.8) is 0 Å². The van der Waals surface area contributed by atoms with Gasteiger partial charge in [-0.1, -0.05) is 0 Å². The van der Waals surface area contributed by atoms with Crippen LogP contribution in [0.15, 0.2) is 40.1 Å². The fourth-order valence-electron chi connectivity index (χ4n) is 3.04. The number of carbonyl (C=O) groups is 2. The van der Waals surface area contributed by atoms with Crippen molar-refractivity contribution in [1.29, 1.82) is 0 Å². The number of aromatic carboxylic acids is 1. The van der Waals surface area contributed by atoms with Crippen molar-refractivity contribution >= 4 is 60.9 Å². The molecule has 3 aromatic heterocycles. The lowest BCUT2D eigenvalue weighted by atomic mass is 10.1. The monoisotopic (exact) mass is 594 g/mol. The van der Waals surface area contributed by atoms with Crippen molar-refractivity contribution < 1.29 is 19.4 Å². The Morgan fingerprint density at radius 2 is 1.59 bits per heavy atom. The van der Waals surface area contributed by atoms with Crippen LogP contribution in [-0.2, 0) is 11.2 Å². The number of hydrogen-bond donors (Lipinski definition) is 3. The summed E-state index contributed by atoms with van der Waals surface area (Å²) in [4.78, 5) is 44.5. The second-order valence-electron chi connectivity index (χ2n) is 6.86. The molecule has 0 atom stereocenters. The molecule has 0 bridgehead atoms. The van der Waals surface area contributed by atoms with Crippen LogP contribution in [0.4, 0.5) is 17.3 Å². The van der Waals surface area contributed by atoms with Gasteiger partial charge in [0, 0.05) is 43.2 Å². The summed E-state index contributed by atoms with van der Waals surface area (Å²) < 4.78 is 6.21. The van der Waals surface area contributed by atoms with Crippen molar-refractivity contribution in [3.05, 3.63) is 57.0 Å². The number of anilines is 3. The van der Waals surface area contributed by atoms with E-state index in [2.05, 4.69) is 61.7 Å². The van der Waals surface area contributed by atoms with Gasteiger partial charge in [-0.3, -0.25) is 9.78 Å². The first kappa shape index (κ1) is 25.4. The van der Waals surface area contributed by atoms with Crippen molar-refractivity contribution in [3.8, 4) is 0 Å². The van der Waals surface area contributed by atoms with Gasteiger partial charge in [-0.25, -0.2) is 24.7 Å². The van der Waals surface area contributed by atoms with Gasteiger partial charge in [0.15, 0.2) is 23.1 Å². The molecule has 1 aliphatic heterocycles. The van der Waals surface area contributed by atoms with E-state index in [0.717, 1.165) is 24.3 Å². The Labute approximate surface area is 211 Å². The summed E-state index contributed by atoms with van der Waals surface area (Å²) in [5.74, 6) is -1.31. The molecule has 0 saturated carbocycles. The average Bonchev–Trinajstić information content (AvgIpc) is 2.83. The van der Waals surface area contributed by atoms with Gasteiger partial charge >= 0.3 is 5.97 Å². The summed E-state index contributed by atoms with van der Waals surface area (Å²) in [6.45, 7) is 2.95. The van der Waals surface area contributed by atoms with Crippen LogP contribution in [0.1, 0.15) is 26.5 Å².